The summed E-state index contributed by atoms with van der Waals surface area (Å²) in [5.41, 5.74) is 2.84. The lowest BCUT2D eigenvalue weighted by Crippen LogP contribution is -2.24. The molecule has 1 aliphatic rings. The van der Waals surface area contributed by atoms with Gasteiger partial charge in [0.05, 0.1) is 11.3 Å². The normalized spacial score (nSPS) is 13.1. The lowest BCUT2D eigenvalue weighted by Gasteiger charge is -2.21. The molecule has 0 radical (unpaired) electrons. The number of fused-ring (bicyclic) bond motifs is 1. The number of benzene rings is 3. The number of esters is 1. The summed E-state index contributed by atoms with van der Waals surface area (Å²) >= 11 is 0. The zero-order valence-corrected chi connectivity index (χ0v) is 18.9. The zero-order chi connectivity index (χ0) is 23.4. The van der Waals surface area contributed by atoms with Gasteiger partial charge in [-0.25, -0.2) is 9.18 Å². The van der Waals surface area contributed by atoms with Gasteiger partial charge in [0.15, 0.2) is 11.5 Å². The van der Waals surface area contributed by atoms with Crippen molar-refractivity contribution in [3.8, 4) is 11.5 Å². The Morgan fingerprint density at radius 2 is 1.55 bits per heavy atom. The van der Waals surface area contributed by atoms with E-state index in [0.717, 1.165) is 22.6 Å². The molecule has 0 spiro atoms. The van der Waals surface area contributed by atoms with E-state index >= 15 is 0 Å². The van der Waals surface area contributed by atoms with Gasteiger partial charge in [0.25, 0.3) is 0 Å². The number of anilines is 2. The summed E-state index contributed by atoms with van der Waals surface area (Å²) in [6, 6.07) is 17.2. The van der Waals surface area contributed by atoms with E-state index in [0.29, 0.717) is 30.2 Å². The first kappa shape index (κ1) is 22.4. The summed E-state index contributed by atoms with van der Waals surface area (Å²) in [4.78, 5) is 12.8. The van der Waals surface area contributed by atoms with Crippen molar-refractivity contribution in [3.05, 3.63) is 83.2 Å². The van der Waals surface area contributed by atoms with Crippen molar-refractivity contribution >= 4 is 29.5 Å². The lowest BCUT2D eigenvalue weighted by molar-refractivity contribution is 0.00707. The fourth-order valence-electron chi connectivity index (χ4n) is 3.32. The standard InChI is InChI=1S/C27H26FNO4/c1-27(2,3)33-26(30)22-12-6-18(16-23(22)29-21-10-8-20(28)9-11-21)4-5-19-7-13-24-25(17-19)32-15-14-31-24/h4-13,16-17,29H,14-15H2,1-3H3. The molecule has 1 aliphatic heterocycles. The van der Waals surface area contributed by atoms with Gasteiger partial charge in [0.2, 0.25) is 0 Å². The first-order valence-corrected chi connectivity index (χ1v) is 10.7. The van der Waals surface area contributed by atoms with E-state index in [9.17, 15) is 9.18 Å². The van der Waals surface area contributed by atoms with Crippen molar-refractivity contribution in [2.24, 2.45) is 0 Å². The maximum absolute atomic E-state index is 13.3. The van der Waals surface area contributed by atoms with Gasteiger partial charge < -0.3 is 19.5 Å². The van der Waals surface area contributed by atoms with Crippen molar-refractivity contribution in [2.75, 3.05) is 18.5 Å². The molecule has 33 heavy (non-hydrogen) atoms. The third kappa shape index (κ3) is 5.92. The van der Waals surface area contributed by atoms with E-state index in [1.165, 1.54) is 12.1 Å². The number of nitrogens with one attached hydrogen (secondary N) is 1. The molecule has 0 bridgehead atoms. The van der Waals surface area contributed by atoms with Gasteiger partial charge in [-0.2, -0.15) is 0 Å². The van der Waals surface area contributed by atoms with Gasteiger partial charge >= 0.3 is 5.97 Å². The molecule has 170 valence electrons. The van der Waals surface area contributed by atoms with Gasteiger partial charge in [-0.05, 0) is 80.4 Å². The van der Waals surface area contributed by atoms with Gasteiger partial charge in [0.1, 0.15) is 24.6 Å². The van der Waals surface area contributed by atoms with E-state index in [-0.39, 0.29) is 5.82 Å². The number of rotatable bonds is 5. The van der Waals surface area contributed by atoms with Crippen LogP contribution in [0.4, 0.5) is 15.8 Å². The van der Waals surface area contributed by atoms with Crippen LogP contribution in [0.1, 0.15) is 42.3 Å². The molecular formula is C27H26FNO4. The Kier molecular flexibility index (Phi) is 6.36. The van der Waals surface area contributed by atoms with Crippen LogP contribution < -0.4 is 14.8 Å². The largest absolute Gasteiger partial charge is 0.486 e. The Morgan fingerprint density at radius 1 is 0.909 bits per heavy atom. The number of carbonyl (C=O) groups is 1. The van der Waals surface area contributed by atoms with Crippen molar-refractivity contribution in [3.63, 3.8) is 0 Å². The fraction of sp³-hybridized carbons (Fsp3) is 0.222. The second-order valence-electron chi connectivity index (χ2n) is 8.68. The molecule has 0 amide bonds. The Hall–Kier alpha value is -3.80. The monoisotopic (exact) mass is 447 g/mol. The minimum Gasteiger partial charge on any atom is -0.486 e. The molecule has 1 N–H and O–H groups in total. The number of ether oxygens (including phenoxy) is 3. The second kappa shape index (κ2) is 9.36. The molecule has 0 atom stereocenters. The van der Waals surface area contributed by atoms with Crippen molar-refractivity contribution < 1.29 is 23.4 Å². The zero-order valence-electron chi connectivity index (χ0n) is 18.9. The molecule has 5 nitrogen and oxygen atoms in total. The Morgan fingerprint density at radius 3 is 2.24 bits per heavy atom. The van der Waals surface area contributed by atoms with Gasteiger partial charge in [-0.15, -0.1) is 0 Å². The van der Waals surface area contributed by atoms with E-state index in [1.54, 1.807) is 18.2 Å². The van der Waals surface area contributed by atoms with Crippen molar-refractivity contribution in [1.29, 1.82) is 0 Å². The first-order valence-electron chi connectivity index (χ1n) is 10.7. The minimum atomic E-state index is -0.624. The smallest absolute Gasteiger partial charge is 0.340 e. The topological polar surface area (TPSA) is 56.8 Å². The van der Waals surface area contributed by atoms with Crippen LogP contribution in [0.3, 0.4) is 0 Å². The predicted molar refractivity (Wildman–Crippen MR) is 128 cm³/mol. The molecule has 0 aromatic heterocycles. The molecule has 0 fully saturated rings. The summed E-state index contributed by atoms with van der Waals surface area (Å²) in [5.74, 6) is 0.701. The highest BCUT2D eigenvalue weighted by Crippen LogP contribution is 2.32. The number of halogens is 1. The summed E-state index contributed by atoms with van der Waals surface area (Å²) in [6.45, 7) is 6.55. The van der Waals surface area contributed by atoms with E-state index in [4.69, 9.17) is 14.2 Å². The summed E-state index contributed by atoms with van der Waals surface area (Å²) in [6.07, 6.45) is 3.91. The second-order valence-corrected chi connectivity index (χ2v) is 8.68. The van der Waals surface area contributed by atoms with E-state index in [2.05, 4.69) is 5.32 Å². The van der Waals surface area contributed by atoms with Gasteiger partial charge in [-0.3, -0.25) is 0 Å². The third-order valence-electron chi connectivity index (χ3n) is 4.82. The van der Waals surface area contributed by atoms with Crippen LogP contribution in [0.15, 0.2) is 60.7 Å². The van der Waals surface area contributed by atoms with Crippen LogP contribution in [0.5, 0.6) is 11.5 Å². The summed E-state index contributed by atoms with van der Waals surface area (Å²) in [5, 5.41) is 3.21. The molecule has 3 aromatic carbocycles. The summed E-state index contributed by atoms with van der Waals surface area (Å²) < 4.78 is 30.1. The Bertz CT molecular complexity index is 1180. The number of hydrogen-bond acceptors (Lipinski definition) is 5. The molecule has 3 aromatic rings. The lowest BCUT2D eigenvalue weighted by atomic mass is 10.1. The highest BCUT2D eigenvalue weighted by atomic mass is 19.1. The maximum atomic E-state index is 13.3. The number of hydrogen-bond donors (Lipinski definition) is 1. The van der Waals surface area contributed by atoms with Crippen LogP contribution in [-0.4, -0.2) is 24.8 Å². The first-order chi connectivity index (χ1) is 15.8. The molecule has 0 saturated heterocycles. The predicted octanol–water partition coefficient (Wildman–Crippen LogP) is 6.47. The van der Waals surface area contributed by atoms with Crippen molar-refractivity contribution in [2.45, 2.75) is 26.4 Å². The summed E-state index contributed by atoms with van der Waals surface area (Å²) in [7, 11) is 0. The van der Waals surface area contributed by atoms with Crippen LogP contribution in [0, 0.1) is 5.82 Å². The molecule has 6 heteroatoms. The fourth-order valence-corrected chi connectivity index (χ4v) is 3.32. The maximum Gasteiger partial charge on any atom is 0.340 e. The molecule has 0 unspecified atom stereocenters. The number of carbonyl (C=O) groups excluding carboxylic acids is 1. The molecule has 4 rings (SSSR count). The highest BCUT2D eigenvalue weighted by molar-refractivity contribution is 5.97. The van der Waals surface area contributed by atoms with E-state index < -0.39 is 11.6 Å². The Labute approximate surface area is 192 Å². The Balaban J connectivity index is 1.62. The molecule has 0 aliphatic carbocycles. The van der Waals surface area contributed by atoms with Crippen LogP contribution in [0.25, 0.3) is 12.2 Å². The van der Waals surface area contributed by atoms with Crippen molar-refractivity contribution in [1.82, 2.24) is 0 Å². The molecule has 0 saturated carbocycles. The quantitative estimate of drug-likeness (QED) is 0.359. The van der Waals surface area contributed by atoms with Crippen LogP contribution in [-0.2, 0) is 4.74 Å². The third-order valence-corrected chi connectivity index (χ3v) is 4.82. The average molecular weight is 448 g/mol. The van der Waals surface area contributed by atoms with Crippen LogP contribution in [0.2, 0.25) is 0 Å². The van der Waals surface area contributed by atoms with E-state index in [1.807, 2.05) is 63.3 Å². The van der Waals surface area contributed by atoms with Crippen LogP contribution >= 0.6 is 0 Å². The SMILES string of the molecule is CC(C)(C)OC(=O)c1ccc(C=Cc2ccc3c(c2)OCCO3)cc1Nc1ccc(F)cc1. The minimum absolute atomic E-state index is 0.330. The molecule has 1 heterocycles. The average Bonchev–Trinajstić information content (AvgIpc) is 2.78. The molecular weight excluding hydrogens is 421 g/mol. The van der Waals surface area contributed by atoms with Gasteiger partial charge in [0, 0.05) is 5.69 Å². The van der Waals surface area contributed by atoms with Gasteiger partial charge in [-0.1, -0.05) is 24.3 Å². The highest BCUT2D eigenvalue weighted by Gasteiger charge is 2.21.